The zero-order valence-corrected chi connectivity index (χ0v) is 12.1. The maximum Gasteiger partial charge on any atom is 0.171 e. The number of H-pyrrole nitrogens is 1. The standard InChI is InChI=1S/C16H14N2OS/c1-10-3-8-14-15(9-10)18-16(17-14)20-13-6-4-12(5-7-13)11(2)19/h3-9H,1-2H3,(H,17,18). The van der Waals surface area contributed by atoms with Crippen molar-refractivity contribution in [3.63, 3.8) is 0 Å². The Morgan fingerprint density at radius 3 is 2.60 bits per heavy atom. The number of imidazole rings is 1. The third-order valence-corrected chi connectivity index (χ3v) is 3.99. The SMILES string of the molecule is CC(=O)c1ccc(Sc2nc3ccc(C)cc3[nH]2)cc1. The fraction of sp³-hybridized carbons (Fsp3) is 0.125. The Labute approximate surface area is 121 Å². The third-order valence-electron chi connectivity index (χ3n) is 3.09. The highest BCUT2D eigenvalue weighted by Gasteiger charge is 2.05. The van der Waals surface area contributed by atoms with Crippen molar-refractivity contribution in [2.75, 3.05) is 0 Å². The van der Waals surface area contributed by atoms with Crippen LogP contribution >= 0.6 is 11.8 Å². The molecular formula is C16H14N2OS. The zero-order chi connectivity index (χ0) is 14.1. The summed E-state index contributed by atoms with van der Waals surface area (Å²) in [6.07, 6.45) is 0. The van der Waals surface area contributed by atoms with E-state index in [4.69, 9.17) is 0 Å². The molecule has 0 spiro atoms. The lowest BCUT2D eigenvalue weighted by molar-refractivity contribution is 0.101. The van der Waals surface area contributed by atoms with Gasteiger partial charge in [-0.3, -0.25) is 4.79 Å². The van der Waals surface area contributed by atoms with E-state index in [1.807, 2.05) is 30.3 Å². The molecule has 0 unspecified atom stereocenters. The summed E-state index contributed by atoms with van der Waals surface area (Å²) in [4.78, 5) is 20.2. The highest BCUT2D eigenvalue weighted by molar-refractivity contribution is 7.99. The average Bonchev–Trinajstić information content (AvgIpc) is 2.80. The second-order valence-corrected chi connectivity index (χ2v) is 5.81. The Kier molecular flexibility index (Phi) is 3.32. The number of aromatic nitrogens is 2. The first kappa shape index (κ1) is 12.9. The Bertz CT molecular complexity index is 775. The molecule has 0 atom stereocenters. The van der Waals surface area contributed by atoms with Crippen molar-refractivity contribution in [3.8, 4) is 0 Å². The topological polar surface area (TPSA) is 45.8 Å². The Morgan fingerprint density at radius 2 is 1.90 bits per heavy atom. The molecule has 3 rings (SSSR count). The van der Waals surface area contributed by atoms with E-state index < -0.39 is 0 Å². The van der Waals surface area contributed by atoms with E-state index in [2.05, 4.69) is 29.0 Å². The van der Waals surface area contributed by atoms with Gasteiger partial charge in [-0.05, 0) is 43.7 Å². The summed E-state index contributed by atoms with van der Waals surface area (Å²) in [5, 5.41) is 0.862. The van der Waals surface area contributed by atoms with Crippen LogP contribution in [-0.4, -0.2) is 15.8 Å². The number of benzene rings is 2. The maximum atomic E-state index is 11.2. The lowest BCUT2D eigenvalue weighted by Gasteiger charge is -1.99. The molecule has 1 aromatic heterocycles. The van der Waals surface area contributed by atoms with Crippen LogP contribution in [0.15, 0.2) is 52.5 Å². The predicted octanol–water partition coefficient (Wildman–Crippen LogP) is 4.23. The molecule has 0 aliphatic carbocycles. The van der Waals surface area contributed by atoms with Crippen LogP contribution in [0.5, 0.6) is 0 Å². The molecule has 20 heavy (non-hydrogen) atoms. The third kappa shape index (κ3) is 2.60. The first-order valence-electron chi connectivity index (χ1n) is 6.37. The minimum absolute atomic E-state index is 0.0840. The van der Waals surface area contributed by atoms with Gasteiger partial charge in [0.05, 0.1) is 11.0 Å². The fourth-order valence-electron chi connectivity index (χ4n) is 2.02. The lowest BCUT2D eigenvalue weighted by Crippen LogP contribution is -1.90. The molecule has 0 amide bonds. The maximum absolute atomic E-state index is 11.2. The van der Waals surface area contributed by atoms with E-state index in [0.29, 0.717) is 0 Å². The summed E-state index contributed by atoms with van der Waals surface area (Å²) in [6.45, 7) is 3.64. The number of nitrogens with zero attached hydrogens (tertiary/aromatic N) is 1. The smallest absolute Gasteiger partial charge is 0.171 e. The van der Waals surface area contributed by atoms with E-state index in [-0.39, 0.29) is 5.78 Å². The van der Waals surface area contributed by atoms with Crippen LogP contribution in [0.3, 0.4) is 0 Å². The normalized spacial score (nSPS) is 10.9. The Balaban J connectivity index is 1.87. The number of ketones is 1. The average molecular weight is 282 g/mol. The number of nitrogens with one attached hydrogen (secondary N) is 1. The number of fused-ring (bicyclic) bond motifs is 1. The fourth-order valence-corrected chi connectivity index (χ4v) is 2.82. The molecule has 0 aliphatic rings. The first-order chi connectivity index (χ1) is 9.61. The minimum atomic E-state index is 0.0840. The first-order valence-corrected chi connectivity index (χ1v) is 7.19. The molecule has 0 fully saturated rings. The number of Topliss-reactive ketones (excluding diaryl/α,β-unsaturated/α-hetero) is 1. The Hall–Kier alpha value is -2.07. The van der Waals surface area contributed by atoms with Crippen molar-refractivity contribution in [3.05, 3.63) is 53.6 Å². The van der Waals surface area contributed by atoms with E-state index >= 15 is 0 Å². The largest absolute Gasteiger partial charge is 0.333 e. The minimum Gasteiger partial charge on any atom is -0.333 e. The number of hydrogen-bond donors (Lipinski definition) is 1. The molecule has 0 saturated carbocycles. The van der Waals surface area contributed by atoms with Gasteiger partial charge in [-0.2, -0.15) is 0 Å². The molecule has 1 N–H and O–H groups in total. The predicted molar refractivity (Wildman–Crippen MR) is 81.4 cm³/mol. The number of rotatable bonds is 3. The van der Waals surface area contributed by atoms with E-state index in [0.717, 1.165) is 26.6 Å². The van der Waals surface area contributed by atoms with Gasteiger partial charge in [0.2, 0.25) is 0 Å². The van der Waals surface area contributed by atoms with Gasteiger partial charge >= 0.3 is 0 Å². The van der Waals surface area contributed by atoms with Crippen LogP contribution in [-0.2, 0) is 0 Å². The van der Waals surface area contributed by atoms with Crippen molar-refractivity contribution >= 4 is 28.6 Å². The molecule has 4 heteroatoms. The van der Waals surface area contributed by atoms with Crippen LogP contribution in [0, 0.1) is 6.92 Å². The number of aromatic amines is 1. The molecule has 1 heterocycles. The Morgan fingerprint density at radius 1 is 1.15 bits per heavy atom. The second kappa shape index (κ2) is 5.13. The highest BCUT2D eigenvalue weighted by atomic mass is 32.2. The van der Waals surface area contributed by atoms with Gasteiger partial charge in [0.15, 0.2) is 10.9 Å². The van der Waals surface area contributed by atoms with Crippen LogP contribution in [0.2, 0.25) is 0 Å². The van der Waals surface area contributed by atoms with E-state index in [1.165, 1.54) is 5.56 Å². The molecule has 0 saturated heterocycles. The van der Waals surface area contributed by atoms with Gasteiger partial charge in [-0.25, -0.2) is 4.98 Å². The molecule has 0 radical (unpaired) electrons. The van der Waals surface area contributed by atoms with Crippen LogP contribution < -0.4 is 0 Å². The summed E-state index contributed by atoms with van der Waals surface area (Å²) < 4.78 is 0. The van der Waals surface area contributed by atoms with Crippen molar-refractivity contribution in [1.29, 1.82) is 0 Å². The molecule has 0 bridgehead atoms. The number of hydrogen-bond acceptors (Lipinski definition) is 3. The van der Waals surface area contributed by atoms with E-state index in [9.17, 15) is 4.79 Å². The number of carbonyl (C=O) groups excluding carboxylic acids is 1. The molecule has 100 valence electrons. The summed E-state index contributed by atoms with van der Waals surface area (Å²) in [5.41, 5.74) is 3.96. The van der Waals surface area contributed by atoms with Gasteiger partial charge in [-0.15, -0.1) is 0 Å². The molecule has 3 nitrogen and oxygen atoms in total. The molecule has 3 aromatic rings. The van der Waals surface area contributed by atoms with Crippen molar-refractivity contribution < 1.29 is 4.79 Å². The van der Waals surface area contributed by atoms with Crippen LogP contribution in [0.4, 0.5) is 0 Å². The van der Waals surface area contributed by atoms with Gasteiger partial charge < -0.3 is 4.98 Å². The summed E-state index contributed by atoms with van der Waals surface area (Å²) in [6, 6.07) is 13.7. The number of aryl methyl sites for hydroxylation is 1. The molecular weight excluding hydrogens is 268 g/mol. The van der Waals surface area contributed by atoms with Crippen LogP contribution in [0.1, 0.15) is 22.8 Å². The van der Waals surface area contributed by atoms with Gasteiger partial charge in [-0.1, -0.05) is 30.0 Å². The second-order valence-electron chi connectivity index (χ2n) is 4.75. The molecule has 2 aromatic carbocycles. The van der Waals surface area contributed by atoms with Crippen molar-refractivity contribution in [1.82, 2.24) is 9.97 Å². The monoisotopic (exact) mass is 282 g/mol. The summed E-state index contributed by atoms with van der Waals surface area (Å²) >= 11 is 1.56. The lowest BCUT2D eigenvalue weighted by atomic mass is 10.2. The summed E-state index contributed by atoms with van der Waals surface area (Å²) in [7, 11) is 0. The van der Waals surface area contributed by atoms with Gasteiger partial charge in [0.25, 0.3) is 0 Å². The van der Waals surface area contributed by atoms with Crippen molar-refractivity contribution in [2.45, 2.75) is 23.9 Å². The quantitative estimate of drug-likeness (QED) is 0.731. The van der Waals surface area contributed by atoms with Gasteiger partial charge in [0, 0.05) is 10.5 Å². The zero-order valence-electron chi connectivity index (χ0n) is 11.3. The number of carbonyl (C=O) groups is 1. The molecule has 0 aliphatic heterocycles. The van der Waals surface area contributed by atoms with Crippen LogP contribution in [0.25, 0.3) is 11.0 Å². The van der Waals surface area contributed by atoms with Gasteiger partial charge in [0.1, 0.15) is 0 Å². The van der Waals surface area contributed by atoms with E-state index in [1.54, 1.807) is 18.7 Å². The highest BCUT2D eigenvalue weighted by Crippen LogP contribution is 2.27. The summed E-state index contributed by atoms with van der Waals surface area (Å²) in [5.74, 6) is 0.0840. The van der Waals surface area contributed by atoms with Crippen molar-refractivity contribution in [2.24, 2.45) is 0 Å².